The van der Waals surface area contributed by atoms with Gasteiger partial charge in [-0.3, -0.25) is 0 Å². The molecule has 0 aromatic heterocycles. The van der Waals surface area contributed by atoms with Crippen molar-refractivity contribution < 1.29 is 0 Å². The first-order valence-electron chi connectivity index (χ1n) is 7.79. The van der Waals surface area contributed by atoms with Crippen molar-refractivity contribution in [2.45, 2.75) is 38.6 Å². The smallest absolute Gasteiger partial charge is 0.00790 e. The summed E-state index contributed by atoms with van der Waals surface area (Å²) in [4.78, 5) is 0. The Balaban J connectivity index is 1.46. The third kappa shape index (κ3) is 2.85. The molecule has 0 spiro atoms. The van der Waals surface area contributed by atoms with Crippen LogP contribution in [-0.4, -0.2) is 25.7 Å². The highest BCUT2D eigenvalue weighted by molar-refractivity contribution is 5.39. The van der Waals surface area contributed by atoms with Gasteiger partial charge in [0, 0.05) is 19.1 Å². The van der Waals surface area contributed by atoms with Crippen LogP contribution < -0.4 is 10.6 Å². The first kappa shape index (κ1) is 13.1. The Labute approximate surface area is 117 Å². The molecule has 0 saturated heterocycles. The molecule has 1 aromatic carbocycles. The average molecular weight is 258 g/mol. The normalized spacial score (nSPS) is 28.1. The Morgan fingerprint density at radius 2 is 2.05 bits per heavy atom. The van der Waals surface area contributed by atoms with Gasteiger partial charge in [-0.2, -0.15) is 0 Å². The van der Waals surface area contributed by atoms with Crippen LogP contribution in [0.3, 0.4) is 0 Å². The predicted octanol–water partition coefficient (Wildman–Crippen LogP) is 2.55. The van der Waals surface area contributed by atoms with E-state index in [-0.39, 0.29) is 0 Å². The highest BCUT2D eigenvalue weighted by Crippen LogP contribution is 2.59. The molecule has 0 amide bonds. The fraction of sp³-hybridized carbons (Fsp3) is 0.647. The van der Waals surface area contributed by atoms with Crippen LogP contribution in [0.4, 0.5) is 0 Å². The maximum absolute atomic E-state index is 3.63. The van der Waals surface area contributed by atoms with Crippen molar-refractivity contribution in [2.75, 3.05) is 19.6 Å². The summed E-state index contributed by atoms with van der Waals surface area (Å²) in [6, 6.07) is 9.66. The monoisotopic (exact) mass is 258 g/mol. The Hall–Kier alpha value is -0.860. The van der Waals surface area contributed by atoms with Crippen LogP contribution in [0.15, 0.2) is 24.3 Å². The second kappa shape index (κ2) is 5.64. The van der Waals surface area contributed by atoms with Gasteiger partial charge in [0.15, 0.2) is 0 Å². The van der Waals surface area contributed by atoms with Gasteiger partial charge in [0.1, 0.15) is 0 Å². The summed E-state index contributed by atoms with van der Waals surface area (Å²) in [5.41, 5.74) is 3.25. The molecule has 3 atom stereocenters. The van der Waals surface area contributed by atoms with Crippen molar-refractivity contribution in [3.63, 3.8) is 0 Å². The third-order valence-electron chi connectivity index (χ3n) is 4.73. The summed E-state index contributed by atoms with van der Waals surface area (Å²) < 4.78 is 0. The highest BCUT2D eigenvalue weighted by atomic mass is 15.0. The molecule has 3 unspecified atom stereocenters. The number of hydrogen-bond acceptors (Lipinski definition) is 2. The van der Waals surface area contributed by atoms with Gasteiger partial charge in [0.05, 0.1) is 0 Å². The van der Waals surface area contributed by atoms with E-state index in [9.17, 15) is 0 Å². The van der Waals surface area contributed by atoms with E-state index in [1.165, 1.54) is 19.4 Å². The maximum Gasteiger partial charge on any atom is 0.00790 e. The highest BCUT2D eigenvalue weighted by Gasteiger charge is 2.52. The molecule has 1 aromatic rings. The van der Waals surface area contributed by atoms with Crippen LogP contribution in [-0.2, 0) is 6.42 Å². The van der Waals surface area contributed by atoms with E-state index in [2.05, 4.69) is 48.7 Å². The predicted molar refractivity (Wildman–Crippen MR) is 80.5 cm³/mol. The van der Waals surface area contributed by atoms with Crippen LogP contribution in [0, 0.1) is 11.8 Å². The summed E-state index contributed by atoms with van der Waals surface area (Å²) in [5.74, 6) is 2.71. The summed E-state index contributed by atoms with van der Waals surface area (Å²) >= 11 is 0. The van der Waals surface area contributed by atoms with Crippen molar-refractivity contribution in [1.82, 2.24) is 10.6 Å². The minimum Gasteiger partial charge on any atom is -0.315 e. The molecule has 19 heavy (non-hydrogen) atoms. The number of rotatable bonds is 6. The van der Waals surface area contributed by atoms with Crippen LogP contribution in [0.2, 0.25) is 0 Å². The summed E-state index contributed by atoms with van der Waals surface area (Å²) in [6.07, 6.45) is 2.70. The van der Waals surface area contributed by atoms with Gasteiger partial charge in [-0.1, -0.05) is 38.1 Å². The first-order chi connectivity index (χ1) is 9.27. The molecule has 2 heteroatoms. The standard InChI is InChI=1S/C17H26N2/c1-12(2)19-10-9-18-11-16-15-8-7-13-5-3-4-6-14(13)17(15)16/h3-6,12,15-19H,7-11H2,1-2H3. The summed E-state index contributed by atoms with van der Waals surface area (Å²) in [5, 5.41) is 7.08. The van der Waals surface area contributed by atoms with Crippen molar-refractivity contribution >= 4 is 0 Å². The van der Waals surface area contributed by atoms with E-state index in [1.54, 1.807) is 11.1 Å². The molecule has 2 aliphatic carbocycles. The maximum atomic E-state index is 3.63. The van der Waals surface area contributed by atoms with Crippen molar-refractivity contribution in [2.24, 2.45) is 11.8 Å². The minimum absolute atomic E-state index is 0.595. The zero-order valence-electron chi connectivity index (χ0n) is 12.2. The lowest BCUT2D eigenvalue weighted by atomic mass is 9.92. The van der Waals surface area contributed by atoms with E-state index in [4.69, 9.17) is 0 Å². The average Bonchev–Trinajstić information content (AvgIpc) is 3.12. The Bertz CT molecular complexity index is 427. The number of benzene rings is 1. The van der Waals surface area contributed by atoms with Crippen molar-refractivity contribution in [1.29, 1.82) is 0 Å². The van der Waals surface area contributed by atoms with E-state index in [1.807, 2.05) is 0 Å². The first-order valence-corrected chi connectivity index (χ1v) is 7.79. The molecule has 104 valence electrons. The van der Waals surface area contributed by atoms with Crippen molar-refractivity contribution in [3.8, 4) is 0 Å². The lowest BCUT2D eigenvalue weighted by molar-refractivity contribution is 0.532. The van der Waals surface area contributed by atoms with Gasteiger partial charge in [-0.05, 0) is 48.3 Å². The topological polar surface area (TPSA) is 24.1 Å². The van der Waals surface area contributed by atoms with Gasteiger partial charge in [-0.15, -0.1) is 0 Å². The number of hydrogen-bond donors (Lipinski definition) is 2. The van der Waals surface area contributed by atoms with E-state index >= 15 is 0 Å². The molecule has 0 bridgehead atoms. The fourth-order valence-electron chi connectivity index (χ4n) is 3.71. The second-order valence-corrected chi connectivity index (χ2v) is 6.40. The van der Waals surface area contributed by atoms with E-state index in [0.29, 0.717) is 6.04 Å². The van der Waals surface area contributed by atoms with E-state index < -0.39 is 0 Å². The number of nitrogens with one attached hydrogen (secondary N) is 2. The number of aryl methyl sites for hydroxylation is 1. The Morgan fingerprint density at radius 1 is 1.21 bits per heavy atom. The molecule has 3 rings (SSSR count). The van der Waals surface area contributed by atoms with Gasteiger partial charge in [-0.25, -0.2) is 0 Å². The van der Waals surface area contributed by atoms with Gasteiger partial charge in [0.25, 0.3) is 0 Å². The van der Waals surface area contributed by atoms with Gasteiger partial charge < -0.3 is 10.6 Å². The Kier molecular flexibility index (Phi) is 3.90. The largest absolute Gasteiger partial charge is 0.315 e. The van der Waals surface area contributed by atoms with Crippen LogP contribution in [0.5, 0.6) is 0 Å². The molecule has 1 fully saturated rings. The van der Waals surface area contributed by atoms with Gasteiger partial charge >= 0.3 is 0 Å². The van der Waals surface area contributed by atoms with Crippen LogP contribution in [0.1, 0.15) is 37.3 Å². The molecule has 2 aliphatic rings. The zero-order valence-corrected chi connectivity index (χ0v) is 12.2. The molecule has 2 N–H and O–H groups in total. The second-order valence-electron chi connectivity index (χ2n) is 6.40. The quantitative estimate of drug-likeness (QED) is 0.766. The summed E-state index contributed by atoms with van der Waals surface area (Å²) in [7, 11) is 0. The molecule has 0 aliphatic heterocycles. The molecular formula is C17H26N2. The minimum atomic E-state index is 0.595. The SMILES string of the molecule is CC(C)NCCNCC1C2CCc3ccccc3C21. The lowest BCUT2D eigenvalue weighted by Crippen LogP contribution is -2.32. The van der Waals surface area contributed by atoms with Crippen LogP contribution >= 0.6 is 0 Å². The molecule has 0 radical (unpaired) electrons. The molecular weight excluding hydrogens is 232 g/mol. The lowest BCUT2D eigenvalue weighted by Gasteiger charge is -2.13. The fourth-order valence-corrected chi connectivity index (χ4v) is 3.71. The molecule has 1 saturated carbocycles. The van der Waals surface area contributed by atoms with E-state index in [0.717, 1.165) is 30.8 Å². The van der Waals surface area contributed by atoms with Crippen LogP contribution in [0.25, 0.3) is 0 Å². The van der Waals surface area contributed by atoms with Crippen molar-refractivity contribution in [3.05, 3.63) is 35.4 Å². The molecule has 0 heterocycles. The number of fused-ring (bicyclic) bond motifs is 3. The Morgan fingerprint density at radius 3 is 2.89 bits per heavy atom. The summed E-state index contributed by atoms with van der Waals surface area (Å²) in [6.45, 7) is 7.77. The third-order valence-corrected chi connectivity index (χ3v) is 4.73. The molecule has 2 nitrogen and oxygen atoms in total. The zero-order chi connectivity index (χ0) is 13.2. The van der Waals surface area contributed by atoms with Gasteiger partial charge in [0.2, 0.25) is 0 Å².